The molecule has 3 aromatic rings. The molecule has 2 atom stereocenters. The molecule has 0 radical (unpaired) electrons. The van der Waals surface area contributed by atoms with Crippen LogP contribution in [-0.2, 0) is 13.0 Å². The molecule has 6 heteroatoms. The van der Waals surface area contributed by atoms with Crippen molar-refractivity contribution in [2.45, 2.75) is 26.1 Å². The molecule has 5 rings (SSSR count). The first kappa shape index (κ1) is 17.5. The van der Waals surface area contributed by atoms with Crippen LogP contribution in [0.15, 0.2) is 36.4 Å². The van der Waals surface area contributed by atoms with Crippen molar-refractivity contribution in [2.24, 2.45) is 0 Å². The lowest BCUT2D eigenvalue weighted by Gasteiger charge is -2.29. The quantitative estimate of drug-likeness (QED) is 0.640. The molecular formula is C22H24N3O2S+. The first-order chi connectivity index (χ1) is 13.7. The third kappa shape index (κ3) is 2.67. The summed E-state index contributed by atoms with van der Waals surface area (Å²) in [4.78, 5) is 16.0. The Hall–Kier alpha value is -2.57. The van der Waals surface area contributed by atoms with E-state index in [4.69, 9.17) is 4.74 Å². The minimum absolute atomic E-state index is 0.0196. The topological polar surface area (TPSA) is 54.8 Å². The van der Waals surface area contributed by atoms with Crippen LogP contribution in [0.5, 0.6) is 5.75 Å². The van der Waals surface area contributed by atoms with Crippen LogP contribution in [-0.4, -0.2) is 26.1 Å². The van der Waals surface area contributed by atoms with Crippen LogP contribution in [0.4, 0.5) is 5.00 Å². The number of carbonyl (C=O) groups excluding carboxylic acids is 1. The maximum Gasteiger partial charge on any atom is 0.256 e. The number of nitrogens with one attached hydrogen (secondary N) is 3. The molecule has 0 saturated carbocycles. The number of ether oxygens (including phenoxy) is 1. The number of likely N-dealkylation sites (N-methyl/N-ethyl adjacent to an activating group) is 1. The standard InChI is InChI=1S/C22H23N3O2S/c1-3-25-11-10-15-17(12-25)28-22-19(15)21(26)23-20(24-22)18-14-7-5-4-6-13(14)8-9-16(18)27-2/h4-9,20,24H,3,10-12H2,1-2H3,(H,23,26)/p+1/t20-/m1/s1. The summed E-state index contributed by atoms with van der Waals surface area (Å²) >= 11 is 1.74. The van der Waals surface area contributed by atoms with Gasteiger partial charge in [0.25, 0.3) is 5.91 Å². The summed E-state index contributed by atoms with van der Waals surface area (Å²) in [7, 11) is 1.68. The highest BCUT2D eigenvalue weighted by Gasteiger charge is 2.35. The molecule has 2 aliphatic rings. The molecule has 0 fully saturated rings. The molecule has 3 N–H and O–H groups in total. The van der Waals surface area contributed by atoms with Gasteiger partial charge in [-0.15, -0.1) is 11.3 Å². The van der Waals surface area contributed by atoms with Gasteiger partial charge >= 0.3 is 0 Å². The van der Waals surface area contributed by atoms with E-state index in [1.165, 1.54) is 10.4 Å². The molecule has 0 aliphatic carbocycles. The summed E-state index contributed by atoms with van der Waals surface area (Å²) in [5.41, 5.74) is 3.07. The van der Waals surface area contributed by atoms with Crippen molar-refractivity contribution < 1.29 is 14.4 Å². The summed E-state index contributed by atoms with van der Waals surface area (Å²) < 4.78 is 5.65. The number of benzene rings is 2. The van der Waals surface area contributed by atoms with E-state index in [1.54, 1.807) is 23.3 Å². The van der Waals surface area contributed by atoms with E-state index in [0.29, 0.717) is 0 Å². The number of methoxy groups -OCH3 is 1. The van der Waals surface area contributed by atoms with Crippen LogP contribution in [0.1, 0.15) is 39.5 Å². The van der Waals surface area contributed by atoms with Gasteiger partial charge in [0.15, 0.2) is 0 Å². The van der Waals surface area contributed by atoms with Gasteiger partial charge < -0.3 is 20.3 Å². The van der Waals surface area contributed by atoms with E-state index in [-0.39, 0.29) is 12.1 Å². The Labute approximate surface area is 168 Å². The summed E-state index contributed by atoms with van der Waals surface area (Å²) in [6.45, 7) is 5.46. The maximum absolute atomic E-state index is 13.1. The Morgan fingerprint density at radius 3 is 2.89 bits per heavy atom. The second-order valence-electron chi connectivity index (χ2n) is 7.44. The summed E-state index contributed by atoms with van der Waals surface area (Å²) in [5, 5.41) is 10.00. The average Bonchev–Trinajstić information content (AvgIpc) is 3.10. The van der Waals surface area contributed by atoms with Crippen LogP contribution in [0.25, 0.3) is 10.8 Å². The zero-order valence-corrected chi connectivity index (χ0v) is 16.9. The smallest absolute Gasteiger partial charge is 0.256 e. The fraction of sp³-hybridized carbons (Fsp3) is 0.318. The normalized spacial score (nSPS) is 20.9. The molecule has 1 amide bonds. The molecule has 2 aliphatic heterocycles. The predicted octanol–water partition coefficient (Wildman–Crippen LogP) is 2.72. The third-order valence-electron chi connectivity index (χ3n) is 5.95. The van der Waals surface area contributed by atoms with E-state index in [0.717, 1.165) is 58.7 Å². The second kappa shape index (κ2) is 6.79. The Morgan fingerprint density at radius 2 is 2.07 bits per heavy atom. The number of hydrogen-bond acceptors (Lipinski definition) is 4. The van der Waals surface area contributed by atoms with Crippen LogP contribution < -0.4 is 20.3 Å². The molecule has 0 spiro atoms. The van der Waals surface area contributed by atoms with E-state index in [9.17, 15) is 4.79 Å². The molecule has 144 valence electrons. The summed E-state index contributed by atoms with van der Waals surface area (Å²) in [6, 6.07) is 12.2. The average molecular weight is 395 g/mol. The molecule has 5 nitrogen and oxygen atoms in total. The molecule has 1 aromatic heterocycles. The molecule has 0 bridgehead atoms. The molecule has 2 aromatic carbocycles. The van der Waals surface area contributed by atoms with Gasteiger partial charge in [0.2, 0.25) is 0 Å². The lowest BCUT2D eigenvalue weighted by atomic mass is 9.97. The first-order valence-corrected chi connectivity index (χ1v) is 10.6. The summed E-state index contributed by atoms with van der Waals surface area (Å²) in [5.74, 6) is 0.800. The first-order valence-electron chi connectivity index (χ1n) is 9.80. The van der Waals surface area contributed by atoms with Gasteiger partial charge in [-0.25, -0.2) is 0 Å². The van der Waals surface area contributed by atoms with Crippen molar-refractivity contribution >= 4 is 33.0 Å². The number of rotatable bonds is 3. The maximum atomic E-state index is 13.1. The van der Waals surface area contributed by atoms with Crippen molar-refractivity contribution in [3.8, 4) is 5.75 Å². The number of fused-ring (bicyclic) bond motifs is 4. The van der Waals surface area contributed by atoms with Crippen LogP contribution >= 0.6 is 11.3 Å². The number of thiophene rings is 1. The molecular weight excluding hydrogens is 370 g/mol. The fourth-order valence-electron chi connectivity index (χ4n) is 4.45. The monoisotopic (exact) mass is 394 g/mol. The highest BCUT2D eigenvalue weighted by molar-refractivity contribution is 7.16. The van der Waals surface area contributed by atoms with Crippen molar-refractivity contribution in [1.82, 2.24) is 5.32 Å². The highest BCUT2D eigenvalue weighted by Crippen LogP contribution is 2.41. The van der Waals surface area contributed by atoms with Gasteiger partial charge in [-0.1, -0.05) is 30.3 Å². The SMILES string of the molecule is CC[NH+]1CCc2c(sc3c2C(=O)N[C@@H](c2c(OC)ccc4ccccc24)N3)C1. The Kier molecular flexibility index (Phi) is 4.25. The van der Waals surface area contributed by atoms with Crippen molar-refractivity contribution in [3.05, 3.63) is 58.0 Å². The predicted molar refractivity (Wildman–Crippen MR) is 112 cm³/mol. The minimum Gasteiger partial charge on any atom is -0.496 e. The van der Waals surface area contributed by atoms with Crippen molar-refractivity contribution in [3.63, 3.8) is 0 Å². The van der Waals surface area contributed by atoms with Gasteiger partial charge in [-0.2, -0.15) is 0 Å². The number of carbonyl (C=O) groups is 1. The van der Waals surface area contributed by atoms with Crippen LogP contribution in [0.3, 0.4) is 0 Å². The number of quaternary nitrogens is 1. The van der Waals surface area contributed by atoms with Crippen molar-refractivity contribution in [2.75, 3.05) is 25.5 Å². The van der Waals surface area contributed by atoms with E-state index in [1.807, 2.05) is 18.2 Å². The Bertz CT molecular complexity index is 1080. The Morgan fingerprint density at radius 1 is 1.21 bits per heavy atom. The molecule has 0 saturated heterocycles. The third-order valence-corrected chi connectivity index (χ3v) is 7.11. The number of anilines is 1. The van der Waals surface area contributed by atoms with Crippen LogP contribution in [0, 0.1) is 0 Å². The van der Waals surface area contributed by atoms with E-state index < -0.39 is 0 Å². The molecule has 3 heterocycles. The largest absolute Gasteiger partial charge is 0.496 e. The van der Waals surface area contributed by atoms with Crippen LogP contribution in [0.2, 0.25) is 0 Å². The van der Waals surface area contributed by atoms with Gasteiger partial charge in [0.1, 0.15) is 23.5 Å². The van der Waals surface area contributed by atoms with Gasteiger partial charge in [-0.3, -0.25) is 4.79 Å². The second-order valence-corrected chi connectivity index (χ2v) is 8.55. The zero-order valence-electron chi connectivity index (χ0n) is 16.1. The number of hydrogen-bond donors (Lipinski definition) is 3. The lowest BCUT2D eigenvalue weighted by Crippen LogP contribution is -3.11. The minimum atomic E-state index is -0.309. The summed E-state index contributed by atoms with van der Waals surface area (Å²) in [6.07, 6.45) is 0.664. The van der Waals surface area contributed by atoms with Gasteiger partial charge in [0, 0.05) is 12.0 Å². The van der Waals surface area contributed by atoms with Crippen molar-refractivity contribution in [1.29, 1.82) is 0 Å². The van der Waals surface area contributed by atoms with Gasteiger partial charge in [-0.05, 0) is 29.3 Å². The fourth-order valence-corrected chi connectivity index (χ4v) is 5.79. The highest BCUT2D eigenvalue weighted by atomic mass is 32.1. The van der Waals surface area contributed by atoms with E-state index in [2.05, 4.69) is 35.8 Å². The van der Waals surface area contributed by atoms with Gasteiger partial charge in [0.05, 0.1) is 30.6 Å². The van der Waals surface area contributed by atoms with E-state index >= 15 is 0 Å². The number of amides is 1. The molecule has 28 heavy (non-hydrogen) atoms. The zero-order chi connectivity index (χ0) is 19.3. The Balaban J connectivity index is 1.59. The molecule has 1 unspecified atom stereocenters. The lowest BCUT2D eigenvalue weighted by molar-refractivity contribution is -0.913.